The van der Waals surface area contributed by atoms with Gasteiger partial charge >= 0.3 is 0 Å². The third-order valence-corrected chi connectivity index (χ3v) is 6.01. The number of nitrogens with zero attached hydrogens (tertiary/aromatic N) is 2. The van der Waals surface area contributed by atoms with Crippen molar-refractivity contribution < 1.29 is 24.2 Å². The highest BCUT2D eigenvalue weighted by Gasteiger charge is 2.15. The molecule has 1 aromatic heterocycles. The molecular weight excluding hydrogens is 480 g/mol. The fourth-order valence-corrected chi connectivity index (χ4v) is 3.97. The first-order chi connectivity index (χ1) is 16.4. The first-order valence-corrected chi connectivity index (χ1v) is 11.6. The molecule has 0 radical (unpaired) electrons. The van der Waals surface area contributed by atoms with Gasteiger partial charge in [-0.25, -0.2) is 4.98 Å². The number of thioether (sulfide) groups is 1. The molecule has 0 aliphatic carbocycles. The fraction of sp³-hybridized carbons (Fsp3) is 0.261. The number of anilines is 1. The number of rotatable bonds is 11. The quantitative estimate of drug-likeness (QED) is 0.344. The Morgan fingerprint density at radius 3 is 2.50 bits per heavy atom. The van der Waals surface area contributed by atoms with Gasteiger partial charge in [-0.15, -0.1) is 0 Å². The molecule has 3 rings (SSSR count). The summed E-state index contributed by atoms with van der Waals surface area (Å²) in [4.78, 5) is 29.2. The summed E-state index contributed by atoms with van der Waals surface area (Å²) >= 11 is 7.04. The van der Waals surface area contributed by atoms with Crippen LogP contribution in [0.1, 0.15) is 11.3 Å². The summed E-state index contributed by atoms with van der Waals surface area (Å²) in [6, 6.07) is 12.2. The van der Waals surface area contributed by atoms with Crippen molar-refractivity contribution in [2.45, 2.75) is 24.9 Å². The van der Waals surface area contributed by atoms with E-state index in [1.54, 1.807) is 34.9 Å². The number of halogens is 1. The zero-order valence-corrected chi connectivity index (χ0v) is 20.3. The Balaban J connectivity index is 1.58. The van der Waals surface area contributed by atoms with Crippen molar-refractivity contribution in [2.75, 3.05) is 25.3 Å². The van der Waals surface area contributed by atoms with Crippen molar-refractivity contribution in [1.82, 2.24) is 14.9 Å². The van der Waals surface area contributed by atoms with Crippen LogP contribution in [-0.4, -0.2) is 46.4 Å². The fourth-order valence-electron chi connectivity index (χ4n) is 3.05. The lowest BCUT2D eigenvalue weighted by molar-refractivity contribution is -0.122. The molecule has 0 unspecified atom stereocenters. The summed E-state index contributed by atoms with van der Waals surface area (Å²) in [6.45, 7) is 0.0222. The second kappa shape index (κ2) is 12.3. The van der Waals surface area contributed by atoms with Crippen molar-refractivity contribution in [3.8, 4) is 11.5 Å². The Hall–Kier alpha value is -3.21. The van der Waals surface area contributed by atoms with Crippen molar-refractivity contribution in [1.29, 1.82) is 0 Å². The van der Waals surface area contributed by atoms with E-state index >= 15 is 0 Å². The predicted molar refractivity (Wildman–Crippen MR) is 130 cm³/mol. The topological polar surface area (TPSA) is 115 Å². The van der Waals surface area contributed by atoms with Crippen LogP contribution in [0.25, 0.3) is 0 Å². The standard InChI is InChI=1S/C23H25ClN4O5S/c1-32-19-8-7-17(9-20(19)33-2)27-22(31)14-34-23-26-11-18(13-29)28(23)12-21(30)25-10-15-3-5-16(24)6-4-15/h3-9,11,29H,10,12-14H2,1-2H3,(H,25,30)(H,27,31). The average Bonchev–Trinajstić information content (AvgIpc) is 3.23. The summed E-state index contributed by atoms with van der Waals surface area (Å²) in [7, 11) is 3.05. The summed E-state index contributed by atoms with van der Waals surface area (Å²) in [5, 5.41) is 16.3. The number of carbonyl (C=O) groups is 2. The zero-order chi connectivity index (χ0) is 24.5. The number of imidazole rings is 1. The third kappa shape index (κ3) is 6.89. The van der Waals surface area contributed by atoms with Gasteiger partial charge in [-0.3, -0.25) is 9.59 Å². The van der Waals surface area contributed by atoms with Crippen LogP contribution in [0.3, 0.4) is 0 Å². The second-order valence-corrected chi connectivity index (χ2v) is 8.47. The monoisotopic (exact) mass is 504 g/mol. The lowest BCUT2D eigenvalue weighted by Crippen LogP contribution is -2.28. The van der Waals surface area contributed by atoms with Gasteiger partial charge in [0.2, 0.25) is 11.8 Å². The molecule has 0 fully saturated rings. The maximum Gasteiger partial charge on any atom is 0.240 e. The van der Waals surface area contributed by atoms with E-state index in [1.807, 2.05) is 12.1 Å². The van der Waals surface area contributed by atoms with Crippen LogP contribution in [0.15, 0.2) is 53.8 Å². The van der Waals surface area contributed by atoms with E-state index in [0.29, 0.717) is 39.6 Å². The first kappa shape index (κ1) is 25.4. The van der Waals surface area contributed by atoms with Crippen LogP contribution in [0, 0.1) is 0 Å². The van der Waals surface area contributed by atoms with Crippen LogP contribution in [0.2, 0.25) is 5.02 Å². The molecule has 0 saturated carbocycles. The molecule has 3 aromatic rings. The molecule has 180 valence electrons. The van der Waals surface area contributed by atoms with Gasteiger partial charge < -0.3 is 29.8 Å². The van der Waals surface area contributed by atoms with E-state index in [1.165, 1.54) is 20.4 Å². The normalized spacial score (nSPS) is 10.6. The highest BCUT2D eigenvalue weighted by Crippen LogP contribution is 2.30. The number of nitrogens with one attached hydrogen (secondary N) is 2. The van der Waals surface area contributed by atoms with Crippen molar-refractivity contribution in [2.24, 2.45) is 0 Å². The molecule has 0 bridgehead atoms. The lowest BCUT2D eigenvalue weighted by Gasteiger charge is -2.12. The number of aromatic nitrogens is 2. The molecule has 9 nitrogen and oxygen atoms in total. The number of carbonyl (C=O) groups excluding carboxylic acids is 2. The highest BCUT2D eigenvalue weighted by molar-refractivity contribution is 7.99. The van der Waals surface area contributed by atoms with Crippen molar-refractivity contribution >= 4 is 40.9 Å². The minimum Gasteiger partial charge on any atom is -0.493 e. The maximum atomic E-state index is 12.5. The highest BCUT2D eigenvalue weighted by atomic mass is 35.5. The van der Waals surface area contributed by atoms with E-state index in [2.05, 4.69) is 15.6 Å². The van der Waals surface area contributed by atoms with Crippen LogP contribution in [0.4, 0.5) is 5.69 Å². The summed E-state index contributed by atoms with van der Waals surface area (Å²) in [5.41, 5.74) is 1.95. The number of ether oxygens (including phenoxy) is 2. The Morgan fingerprint density at radius 1 is 1.09 bits per heavy atom. The van der Waals surface area contributed by atoms with E-state index in [0.717, 1.165) is 17.3 Å². The Morgan fingerprint density at radius 2 is 1.82 bits per heavy atom. The smallest absolute Gasteiger partial charge is 0.240 e. The number of aliphatic hydroxyl groups excluding tert-OH is 1. The van der Waals surface area contributed by atoms with E-state index in [9.17, 15) is 14.7 Å². The number of aliphatic hydroxyl groups is 1. The summed E-state index contributed by atoms with van der Waals surface area (Å²) in [6.07, 6.45) is 1.49. The van der Waals surface area contributed by atoms with E-state index < -0.39 is 0 Å². The van der Waals surface area contributed by atoms with Crippen molar-refractivity contribution in [3.63, 3.8) is 0 Å². The molecule has 1 heterocycles. The SMILES string of the molecule is COc1ccc(NC(=O)CSc2ncc(CO)n2CC(=O)NCc2ccc(Cl)cc2)cc1OC. The molecule has 0 atom stereocenters. The molecular formula is C23H25ClN4O5S. The van der Waals surface area contributed by atoms with Gasteiger partial charge in [0.05, 0.1) is 38.5 Å². The average molecular weight is 505 g/mol. The van der Waals surface area contributed by atoms with Crippen molar-refractivity contribution in [3.05, 3.63) is 64.9 Å². The zero-order valence-electron chi connectivity index (χ0n) is 18.7. The van der Waals surface area contributed by atoms with E-state index in [4.69, 9.17) is 21.1 Å². The minimum atomic E-state index is -0.282. The van der Waals surface area contributed by atoms with Gasteiger partial charge in [0.1, 0.15) is 6.54 Å². The maximum absolute atomic E-state index is 12.5. The Kier molecular flexibility index (Phi) is 9.20. The van der Waals surface area contributed by atoms with Crippen LogP contribution in [-0.2, 0) is 29.3 Å². The van der Waals surface area contributed by atoms with Crippen LogP contribution >= 0.6 is 23.4 Å². The molecule has 0 spiro atoms. The van der Waals surface area contributed by atoms with Gasteiger partial charge in [0.15, 0.2) is 16.7 Å². The van der Waals surface area contributed by atoms with Crippen LogP contribution in [0.5, 0.6) is 11.5 Å². The Bertz CT molecular complexity index is 1140. The third-order valence-electron chi connectivity index (χ3n) is 4.77. The molecule has 11 heteroatoms. The van der Waals surface area contributed by atoms with Gasteiger partial charge in [0, 0.05) is 23.3 Å². The first-order valence-electron chi connectivity index (χ1n) is 10.2. The largest absolute Gasteiger partial charge is 0.493 e. The molecule has 2 amide bonds. The molecule has 0 aliphatic rings. The Labute approximate surface area is 206 Å². The van der Waals surface area contributed by atoms with Crippen LogP contribution < -0.4 is 20.1 Å². The molecule has 0 saturated heterocycles. The summed E-state index contributed by atoms with van der Waals surface area (Å²) in [5.74, 6) is 0.607. The number of hydrogen-bond donors (Lipinski definition) is 3. The molecule has 0 aliphatic heterocycles. The number of benzene rings is 2. The molecule has 3 N–H and O–H groups in total. The van der Waals surface area contributed by atoms with E-state index in [-0.39, 0.29) is 30.7 Å². The molecule has 2 aromatic carbocycles. The predicted octanol–water partition coefficient (Wildman–Crippen LogP) is 3.09. The second-order valence-electron chi connectivity index (χ2n) is 7.09. The van der Waals surface area contributed by atoms with Gasteiger partial charge in [-0.05, 0) is 29.8 Å². The van der Waals surface area contributed by atoms with Gasteiger partial charge in [0.25, 0.3) is 0 Å². The van der Waals surface area contributed by atoms with Gasteiger partial charge in [-0.1, -0.05) is 35.5 Å². The number of methoxy groups -OCH3 is 2. The lowest BCUT2D eigenvalue weighted by atomic mass is 10.2. The minimum absolute atomic E-state index is 0.0386. The summed E-state index contributed by atoms with van der Waals surface area (Å²) < 4.78 is 12.0. The molecule has 34 heavy (non-hydrogen) atoms. The number of amides is 2. The number of hydrogen-bond acceptors (Lipinski definition) is 7. The van der Waals surface area contributed by atoms with Gasteiger partial charge in [-0.2, -0.15) is 0 Å².